The summed E-state index contributed by atoms with van der Waals surface area (Å²) in [5, 5.41) is 19.0. The van der Waals surface area contributed by atoms with Crippen LogP contribution in [0.5, 0.6) is 5.75 Å². The normalized spacial score (nSPS) is 16.8. The first kappa shape index (κ1) is 35.7. The summed E-state index contributed by atoms with van der Waals surface area (Å²) >= 11 is 0. The number of rotatable bonds is 14. The molecule has 47 heavy (non-hydrogen) atoms. The van der Waals surface area contributed by atoms with E-state index in [1.807, 2.05) is 67.6 Å². The lowest BCUT2D eigenvalue weighted by atomic mass is 10.0. The molecule has 2 atom stereocenters. The maximum Gasteiger partial charge on any atom is 0.328 e. The molecule has 252 valence electrons. The lowest BCUT2D eigenvalue weighted by Crippen LogP contribution is -2.48. The van der Waals surface area contributed by atoms with Crippen molar-refractivity contribution in [3.05, 3.63) is 89.5 Å². The predicted molar refractivity (Wildman–Crippen MR) is 186 cm³/mol. The van der Waals surface area contributed by atoms with Gasteiger partial charge in [-0.1, -0.05) is 67.4 Å². The van der Waals surface area contributed by atoms with E-state index < -0.39 is 11.6 Å². The van der Waals surface area contributed by atoms with Crippen LogP contribution in [-0.2, 0) is 11.3 Å². The van der Waals surface area contributed by atoms with Crippen molar-refractivity contribution in [3.8, 4) is 5.75 Å². The second kappa shape index (κ2) is 15.6. The molecule has 3 aromatic carbocycles. The minimum Gasteiger partial charge on any atom is -0.495 e. The van der Waals surface area contributed by atoms with E-state index in [1.165, 1.54) is 12.0 Å². The van der Waals surface area contributed by atoms with Crippen molar-refractivity contribution in [1.82, 2.24) is 15.1 Å². The van der Waals surface area contributed by atoms with Gasteiger partial charge in [0.05, 0.1) is 18.8 Å². The molecule has 11 heteroatoms. The average Bonchev–Trinajstić information content (AvgIpc) is 3.85. The van der Waals surface area contributed by atoms with Gasteiger partial charge in [0.15, 0.2) is 0 Å². The predicted octanol–water partition coefficient (Wildman–Crippen LogP) is 6.49. The van der Waals surface area contributed by atoms with Crippen LogP contribution in [-0.4, -0.2) is 64.7 Å². The fraction of sp³-hybridized carbons (Fsp3) is 0.417. The summed E-state index contributed by atoms with van der Waals surface area (Å²) in [5.74, 6) is 0.711. The number of nitrogens with zero attached hydrogens (tertiary/aromatic N) is 2. The fourth-order valence-electron chi connectivity index (χ4n) is 6.06. The molecule has 2 aliphatic rings. The number of para-hydroxylation sites is 1. The molecule has 0 aromatic heterocycles. The van der Waals surface area contributed by atoms with E-state index >= 15 is 0 Å². The molecule has 3 aromatic rings. The highest BCUT2D eigenvalue weighted by molar-refractivity contribution is 6.07. The Morgan fingerprint density at radius 3 is 2.34 bits per heavy atom. The second-order valence-corrected chi connectivity index (χ2v) is 12.7. The lowest BCUT2D eigenvalue weighted by molar-refractivity contribution is -0.133. The highest BCUT2D eigenvalue weighted by Crippen LogP contribution is 2.39. The summed E-state index contributed by atoms with van der Waals surface area (Å²) in [7, 11) is 1.52. The van der Waals surface area contributed by atoms with Crippen LogP contribution in [0.2, 0.25) is 0 Å². The Hall–Kier alpha value is -4.12. The molecule has 2 fully saturated rings. The van der Waals surface area contributed by atoms with Gasteiger partial charge < -0.3 is 30.7 Å². The number of aryl methyl sites for hydroxylation is 1. The van der Waals surface area contributed by atoms with Crippen molar-refractivity contribution in [2.24, 2.45) is 5.92 Å². The van der Waals surface area contributed by atoms with Crippen LogP contribution < -0.4 is 20.7 Å². The number of imide groups is 1. The fourth-order valence-corrected chi connectivity index (χ4v) is 6.06. The van der Waals surface area contributed by atoms with Crippen LogP contribution >= 0.6 is 12.4 Å². The number of hydrogen-bond donors (Lipinski definition) is 4. The highest BCUT2D eigenvalue weighted by atomic mass is 35.5. The number of carbonyl (C=O) groups is 3. The molecule has 1 saturated carbocycles. The smallest absolute Gasteiger partial charge is 0.328 e. The van der Waals surface area contributed by atoms with E-state index in [0.717, 1.165) is 36.0 Å². The quantitative estimate of drug-likeness (QED) is 0.146. The number of amides is 5. The summed E-state index contributed by atoms with van der Waals surface area (Å²) in [6.07, 6.45) is 3.47. The molecule has 1 heterocycles. The molecule has 1 aliphatic heterocycles. The molecule has 5 rings (SSSR count). The van der Waals surface area contributed by atoms with Crippen molar-refractivity contribution in [2.45, 2.75) is 70.6 Å². The van der Waals surface area contributed by atoms with Gasteiger partial charge in [-0.05, 0) is 74.4 Å². The van der Waals surface area contributed by atoms with E-state index in [9.17, 15) is 19.5 Å². The molecule has 1 saturated heterocycles. The number of halogens is 1. The maximum absolute atomic E-state index is 14.1. The third kappa shape index (κ3) is 8.43. The van der Waals surface area contributed by atoms with E-state index in [1.54, 1.807) is 30.9 Å². The Balaban J connectivity index is 0.00000500. The SMILES string of the molecule is COc1cc(CN2C(=O)N([C@H](CN[C@@H](CCO)c3ccccc3)CC3CC3)C(=O)C2(C)C)ccc1NC(=O)Nc1ccccc1C.Cl. The molecule has 0 bridgehead atoms. The minimum absolute atomic E-state index is 0. The minimum atomic E-state index is -1.06. The van der Waals surface area contributed by atoms with Crippen molar-refractivity contribution >= 4 is 41.8 Å². The number of carbonyl (C=O) groups excluding carboxylic acids is 3. The summed E-state index contributed by atoms with van der Waals surface area (Å²) < 4.78 is 5.60. The van der Waals surface area contributed by atoms with E-state index in [2.05, 4.69) is 16.0 Å². The molecule has 10 nitrogen and oxygen atoms in total. The van der Waals surface area contributed by atoms with Crippen molar-refractivity contribution in [3.63, 3.8) is 0 Å². The number of methoxy groups -OCH3 is 1. The molecule has 0 spiro atoms. The molecule has 0 radical (unpaired) electrons. The van der Waals surface area contributed by atoms with Gasteiger partial charge in [-0.15, -0.1) is 12.4 Å². The molecular formula is C36H46ClN5O5. The van der Waals surface area contributed by atoms with Gasteiger partial charge in [-0.3, -0.25) is 9.69 Å². The first-order valence-corrected chi connectivity index (χ1v) is 16.0. The summed E-state index contributed by atoms with van der Waals surface area (Å²) in [6, 6.07) is 21.7. The molecule has 0 unspecified atom stereocenters. The van der Waals surface area contributed by atoms with Crippen molar-refractivity contribution in [2.75, 3.05) is 30.9 Å². The van der Waals surface area contributed by atoms with Gasteiger partial charge in [0.2, 0.25) is 0 Å². The Morgan fingerprint density at radius 2 is 1.68 bits per heavy atom. The van der Waals surface area contributed by atoms with Crippen LogP contribution in [0.15, 0.2) is 72.8 Å². The summed E-state index contributed by atoms with van der Waals surface area (Å²) in [6.45, 7) is 6.16. The number of benzene rings is 3. The number of ether oxygens (including phenoxy) is 1. The van der Waals surface area contributed by atoms with Crippen LogP contribution in [0.1, 0.15) is 62.3 Å². The van der Waals surface area contributed by atoms with Gasteiger partial charge in [0.25, 0.3) is 5.91 Å². The van der Waals surface area contributed by atoms with Gasteiger partial charge in [-0.25, -0.2) is 9.59 Å². The average molecular weight is 664 g/mol. The van der Waals surface area contributed by atoms with E-state index in [-0.39, 0.29) is 49.6 Å². The third-order valence-corrected chi connectivity index (χ3v) is 8.99. The lowest BCUT2D eigenvalue weighted by Gasteiger charge is -2.29. The highest BCUT2D eigenvalue weighted by Gasteiger charge is 2.53. The van der Waals surface area contributed by atoms with Gasteiger partial charge in [-0.2, -0.15) is 0 Å². The van der Waals surface area contributed by atoms with Crippen molar-refractivity contribution < 1.29 is 24.2 Å². The zero-order valence-electron chi connectivity index (χ0n) is 27.5. The van der Waals surface area contributed by atoms with Gasteiger partial charge >= 0.3 is 12.1 Å². The Morgan fingerprint density at radius 1 is 1.00 bits per heavy atom. The number of anilines is 2. The van der Waals surface area contributed by atoms with Crippen molar-refractivity contribution in [1.29, 1.82) is 0 Å². The largest absolute Gasteiger partial charge is 0.495 e. The second-order valence-electron chi connectivity index (χ2n) is 12.7. The Labute approximate surface area is 283 Å². The molecule has 1 aliphatic carbocycles. The number of nitrogens with one attached hydrogen (secondary N) is 3. The zero-order chi connectivity index (χ0) is 32.8. The third-order valence-electron chi connectivity index (χ3n) is 8.99. The van der Waals surface area contributed by atoms with Crippen LogP contribution in [0.25, 0.3) is 0 Å². The first-order chi connectivity index (χ1) is 22.1. The molecular weight excluding hydrogens is 618 g/mol. The maximum atomic E-state index is 14.1. The van der Waals surface area contributed by atoms with Gasteiger partial charge in [0, 0.05) is 31.4 Å². The van der Waals surface area contributed by atoms with E-state index in [4.69, 9.17) is 4.74 Å². The van der Waals surface area contributed by atoms with Gasteiger partial charge in [0.1, 0.15) is 11.3 Å². The summed E-state index contributed by atoms with van der Waals surface area (Å²) in [5.41, 5.74) is 2.90. The summed E-state index contributed by atoms with van der Waals surface area (Å²) in [4.78, 5) is 43.8. The number of aliphatic hydroxyl groups excluding tert-OH is 1. The number of urea groups is 2. The Bertz CT molecular complexity index is 1550. The molecule has 5 amide bonds. The zero-order valence-corrected chi connectivity index (χ0v) is 28.3. The Kier molecular flexibility index (Phi) is 11.9. The topological polar surface area (TPSA) is 123 Å². The first-order valence-electron chi connectivity index (χ1n) is 16.0. The standard InChI is InChI=1S/C36H45N5O5.ClH/c1-24-10-8-9-13-29(24)38-34(44)39-31-17-16-26(21-32(31)46-4)23-40-35(45)41(33(43)36(40,2)3)28(20-25-14-15-25)22-37-30(18-19-42)27-11-6-5-7-12-27;/h5-13,16-17,21,25,28,30,37,42H,14-15,18-20,22-23H2,1-4H3,(H2,38,39,44);1H/t28-,30-;/m0./s1. The number of hydrogen-bond acceptors (Lipinski definition) is 6. The van der Waals surface area contributed by atoms with Crippen LogP contribution in [0.3, 0.4) is 0 Å². The monoisotopic (exact) mass is 663 g/mol. The van der Waals surface area contributed by atoms with Crippen LogP contribution in [0.4, 0.5) is 21.0 Å². The van der Waals surface area contributed by atoms with E-state index in [0.29, 0.717) is 36.0 Å². The van der Waals surface area contributed by atoms with Crippen LogP contribution in [0, 0.1) is 12.8 Å². The molecule has 4 N–H and O–H groups in total. The number of aliphatic hydroxyl groups is 1.